The first kappa shape index (κ1) is 16.8. The number of sulfonamides is 1. The molecule has 0 unspecified atom stereocenters. The van der Waals surface area contributed by atoms with Gasteiger partial charge in [0, 0.05) is 38.4 Å². The lowest BCUT2D eigenvalue weighted by atomic mass is 9.97. The molecule has 27 heavy (non-hydrogen) atoms. The van der Waals surface area contributed by atoms with Gasteiger partial charge in [-0.15, -0.1) is 10.2 Å². The van der Waals surface area contributed by atoms with E-state index in [-0.39, 0.29) is 11.1 Å². The third-order valence-electron chi connectivity index (χ3n) is 5.61. The Morgan fingerprint density at radius 1 is 1.15 bits per heavy atom. The second kappa shape index (κ2) is 6.10. The van der Waals surface area contributed by atoms with Crippen LogP contribution < -0.4 is 0 Å². The molecule has 0 spiro atoms. The van der Waals surface area contributed by atoms with Crippen LogP contribution in [0.15, 0.2) is 23.6 Å². The molecule has 3 aromatic heterocycles. The lowest BCUT2D eigenvalue weighted by Gasteiger charge is -2.29. The minimum Gasteiger partial charge on any atom is -0.324 e. The number of fused-ring (bicyclic) bond motifs is 2. The van der Waals surface area contributed by atoms with Crippen molar-refractivity contribution >= 4 is 15.7 Å². The van der Waals surface area contributed by atoms with Gasteiger partial charge >= 0.3 is 0 Å². The van der Waals surface area contributed by atoms with Crippen LogP contribution in [0.3, 0.4) is 0 Å². The Labute approximate surface area is 157 Å². The molecule has 1 saturated heterocycles. The Bertz CT molecular complexity index is 1110. The molecule has 1 aliphatic heterocycles. The van der Waals surface area contributed by atoms with Gasteiger partial charge in [-0.25, -0.2) is 13.4 Å². The van der Waals surface area contributed by atoms with Gasteiger partial charge in [-0.05, 0) is 43.7 Å². The summed E-state index contributed by atoms with van der Waals surface area (Å²) in [4.78, 5) is 4.00. The number of imidazole rings is 1. The first-order chi connectivity index (χ1) is 13.0. The van der Waals surface area contributed by atoms with Crippen LogP contribution in [0, 0.1) is 0 Å². The van der Waals surface area contributed by atoms with Crippen LogP contribution >= 0.6 is 0 Å². The molecule has 1 fully saturated rings. The molecule has 3 aromatic rings. The SMILES string of the molecule is Cn1ccnc1S(=O)(=O)N1CCC(c2nnc3cc4c(nn23)CCC4)CC1. The second-order valence-electron chi connectivity index (χ2n) is 7.30. The summed E-state index contributed by atoms with van der Waals surface area (Å²) in [5, 5.41) is 13.5. The molecule has 1 aliphatic carbocycles. The zero-order valence-electron chi connectivity index (χ0n) is 15.1. The van der Waals surface area contributed by atoms with Crippen molar-refractivity contribution in [1.29, 1.82) is 0 Å². The normalized spacial score (nSPS) is 19.0. The minimum absolute atomic E-state index is 0.0890. The van der Waals surface area contributed by atoms with E-state index < -0.39 is 10.0 Å². The highest BCUT2D eigenvalue weighted by Crippen LogP contribution is 2.30. The molecule has 0 atom stereocenters. The molecule has 0 amide bonds. The van der Waals surface area contributed by atoms with E-state index in [1.807, 2.05) is 4.52 Å². The van der Waals surface area contributed by atoms with Crippen molar-refractivity contribution in [3.63, 3.8) is 0 Å². The van der Waals surface area contributed by atoms with Gasteiger partial charge in [-0.1, -0.05) is 0 Å². The van der Waals surface area contributed by atoms with Gasteiger partial charge < -0.3 is 4.57 Å². The van der Waals surface area contributed by atoms with Gasteiger partial charge in [0.2, 0.25) is 5.16 Å². The highest BCUT2D eigenvalue weighted by Gasteiger charge is 2.34. The van der Waals surface area contributed by atoms with Crippen molar-refractivity contribution in [3.05, 3.63) is 35.5 Å². The average Bonchev–Trinajstić information content (AvgIpc) is 3.38. The first-order valence-electron chi connectivity index (χ1n) is 9.25. The highest BCUT2D eigenvalue weighted by atomic mass is 32.2. The van der Waals surface area contributed by atoms with Gasteiger partial charge in [-0.3, -0.25) is 0 Å². The van der Waals surface area contributed by atoms with Crippen molar-refractivity contribution in [2.75, 3.05) is 13.1 Å². The third-order valence-corrected chi connectivity index (χ3v) is 7.51. The number of rotatable bonds is 3. The van der Waals surface area contributed by atoms with Crippen LogP contribution in [-0.4, -0.2) is 55.2 Å². The van der Waals surface area contributed by atoms with Crippen molar-refractivity contribution in [1.82, 2.24) is 33.7 Å². The maximum atomic E-state index is 12.8. The molecule has 142 valence electrons. The molecule has 0 aromatic carbocycles. The van der Waals surface area contributed by atoms with Crippen molar-refractivity contribution in [2.24, 2.45) is 7.05 Å². The topological polar surface area (TPSA) is 98.3 Å². The Balaban J connectivity index is 1.38. The molecule has 9 nitrogen and oxygen atoms in total. The number of hydrogen-bond donors (Lipinski definition) is 0. The molecule has 0 saturated carbocycles. The smallest absolute Gasteiger partial charge is 0.276 e. The number of hydrogen-bond acceptors (Lipinski definition) is 6. The highest BCUT2D eigenvalue weighted by molar-refractivity contribution is 7.89. The van der Waals surface area contributed by atoms with Gasteiger partial charge in [0.25, 0.3) is 10.0 Å². The fourth-order valence-corrected chi connectivity index (χ4v) is 5.66. The summed E-state index contributed by atoms with van der Waals surface area (Å²) in [5.41, 5.74) is 3.20. The fourth-order valence-electron chi connectivity index (χ4n) is 4.12. The van der Waals surface area contributed by atoms with Crippen LogP contribution in [0.2, 0.25) is 0 Å². The van der Waals surface area contributed by atoms with Crippen LogP contribution in [0.5, 0.6) is 0 Å². The monoisotopic (exact) mass is 387 g/mol. The number of aryl methyl sites for hydroxylation is 3. The number of nitrogens with zero attached hydrogens (tertiary/aromatic N) is 7. The summed E-state index contributed by atoms with van der Waals surface area (Å²) in [6.45, 7) is 0.888. The molecule has 5 rings (SSSR count). The standard InChI is InChI=1S/C17H21N7O2S/c1-22-10-7-18-17(22)27(25,26)23-8-5-12(6-9-23)16-20-19-15-11-13-3-2-4-14(13)21-24(15)16/h7,10-12H,2-6,8-9H2,1H3. The minimum atomic E-state index is -3.57. The van der Waals surface area contributed by atoms with Gasteiger partial charge in [0.15, 0.2) is 11.5 Å². The average molecular weight is 387 g/mol. The fraction of sp³-hybridized carbons (Fsp3) is 0.529. The summed E-state index contributed by atoms with van der Waals surface area (Å²) >= 11 is 0. The van der Waals surface area contributed by atoms with E-state index in [1.165, 1.54) is 20.6 Å². The Kier molecular flexibility index (Phi) is 3.80. The maximum Gasteiger partial charge on any atom is 0.276 e. The summed E-state index contributed by atoms with van der Waals surface area (Å²) in [6.07, 6.45) is 7.75. The summed E-state index contributed by atoms with van der Waals surface area (Å²) in [6, 6.07) is 2.09. The molecule has 0 N–H and O–H groups in total. The Morgan fingerprint density at radius 3 is 2.70 bits per heavy atom. The lowest BCUT2D eigenvalue weighted by Crippen LogP contribution is -2.39. The molecule has 2 aliphatic rings. The van der Waals surface area contributed by atoms with E-state index in [0.29, 0.717) is 25.9 Å². The van der Waals surface area contributed by atoms with Crippen molar-refractivity contribution in [2.45, 2.75) is 43.2 Å². The Morgan fingerprint density at radius 2 is 1.96 bits per heavy atom. The molecule has 10 heteroatoms. The van der Waals surface area contributed by atoms with Crippen molar-refractivity contribution < 1.29 is 8.42 Å². The van der Waals surface area contributed by atoms with E-state index in [9.17, 15) is 8.42 Å². The lowest BCUT2D eigenvalue weighted by molar-refractivity contribution is 0.309. The van der Waals surface area contributed by atoms with Crippen LogP contribution in [-0.2, 0) is 29.9 Å². The zero-order valence-corrected chi connectivity index (χ0v) is 15.9. The predicted molar refractivity (Wildman–Crippen MR) is 96.7 cm³/mol. The van der Waals surface area contributed by atoms with E-state index in [4.69, 9.17) is 5.10 Å². The summed E-state index contributed by atoms with van der Waals surface area (Å²) in [5.74, 6) is 0.994. The van der Waals surface area contributed by atoms with E-state index in [1.54, 1.807) is 13.2 Å². The van der Waals surface area contributed by atoms with Gasteiger partial charge in [0.1, 0.15) is 0 Å². The maximum absolute atomic E-state index is 12.8. The zero-order chi connectivity index (χ0) is 18.6. The predicted octanol–water partition coefficient (Wildman–Crippen LogP) is 0.915. The quantitative estimate of drug-likeness (QED) is 0.663. The van der Waals surface area contributed by atoms with E-state index in [0.717, 1.165) is 36.4 Å². The van der Waals surface area contributed by atoms with Gasteiger partial charge in [0.05, 0.1) is 5.69 Å². The second-order valence-corrected chi connectivity index (χ2v) is 9.13. The largest absolute Gasteiger partial charge is 0.324 e. The molecule has 0 radical (unpaired) electrons. The van der Waals surface area contributed by atoms with Crippen molar-refractivity contribution in [3.8, 4) is 0 Å². The van der Waals surface area contributed by atoms with E-state index in [2.05, 4.69) is 21.2 Å². The summed E-state index contributed by atoms with van der Waals surface area (Å²) in [7, 11) is -1.87. The molecular weight excluding hydrogens is 366 g/mol. The number of aromatic nitrogens is 6. The Hall–Kier alpha value is -2.33. The number of piperidine rings is 1. The first-order valence-corrected chi connectivity index (χ1v) is 10.7. The molecule has 0 bridgehead atoms. The van der Waals surface area contributed by atoms with Crippen LogP contribution in [0.4, 0.5) is 0 Å². The van der Waals surface area contributed by atoms with Crippen LogP contribution in [0.1, 0.15) is 42.3 Å². The molecular formula is C17H21N7O2S. The third kappa shape index (κ3) is 2.66. The van der Waals surface area contributed by atoms with Gasteiger partial charge in [-0.2, -0.15) is 13.9 Å². The molecule has 4 heterocycles. The van der Waals surface area contributed by atoms with E-state index >= 15 is 0 Å². The summed E-state index contributed by atoms with van der Waals surface area (Å²) < 4.78 is 30.5. The van der Waals surface area contributed by atoms with Crippen LogP contribution in [0.25, 0.3) is 5.65 Å².